The number of rotatable bonds is 9. The predicted octanol–water partition coefficient (Wildman–Crippen LogP) is -2.93. The van der Waals surface area contributed by atoms with Crippen LogP contribution in [0.15, 0.2) is 0 Å². The van der Waals surface area contributed by atoms with E-state index in [1.54, 1.807) is 0 Å². The van der Waals surface area contributed by atoms with Gasteiger partial charge in [0.05, 0.1) is 6.04 Å². The van der Waals surface area contributed by atoms with E-state index in [0.717, 1.165) is 0 Å². The second-order valence-electron chi connectivity index (χ2n) is 6.28. The number of amides is 2. The molecule has 24 heavy (non-hydrogen) atoms. The van der Waals surface area contributed by atoms with Gasteiger partial charge in [0.1, 0.15) is 5.54 Å². The molecule has 0 radical (unpaired) electrons. The van der Waals surface area contributed by atoms with E-state index in [1.165, 1.54) is 4.90 Å². The number of carbonyl (C=O) groups excluding carboxylic acids is 2. The van der Waals surface area contributed by atoms with Crippen LogP contribution in [0.4, 0.5) is 0 Å². The number of aliphatic carboxylic acids is 1. The molecule has 0 aromatic heterocycles. The van der Waals surface area contributed by atoms with Crippen molar-refractivity contribution in [2.45, 2.75) is 43.6 Å². The molecule has 0 aromatic rings. The van der Waals surface area contributed by atoms with Crippen LogP contribution >= 0.6 is 0 Å². The summed E-state index contributed by atoms with van der Waals surface area (Å²) in [7, 11) is -1.47. The second kappa shape index (κ2) is 8.42. The summed E-state index contributed by atoms with van der Waals surface area (Å²) in [5.41, 5.74) is 15.1. The lowest BCUT2D eigenvalue weighted by Crippen LogP contribution is -2.55. The van der Waals surface area contributed by atoms with Gasteiger partial charge in [-0.15, -0.1) is 0 Å². The lowest BCUT2D eigenvalue weighted by Gasteiger charge is -2.25. The smallest absolute Gasteiger partial charge is 0.451 e. The number of hydrogen-bond donors (Lipinski definition) is 6. The standard InChI is InChI=1S/C13H25BN4O6/c15-9(3-4-10(16)19)11(20)18-6-8(2-1-5-14(23)24)13(17,7-18)12(21)22/h8-9,23-24H,1-7,15,17H2,(H2,16,19)(H,21,22)/t8?,9-,13-/m0/s1. The van der Waals surface area contributed by atoms with Crippen LogP contribution in [0.2, 0.25) is 6.32 Å². The normalized spacial score (nSPS) is 24.7. The minimum atomic E-state index is -1.61. The molecular weight excluding hydrogens is 319 g/mol. The fourth-order valence-corrected chi connectivity index (χ4v) is 2.90. The monoisotopic (exact) mass is 344 g/mol. The van der Waals surface area contributed by atoms with Crippen LogP contribution in [0.5, 0.6) is 0 Å². The molecule has 10 nitrogen and oxygen atoms in total. The summed E-state index contributed by atoms with van der Waals surface area (Å²) in [6.07, 6.45) is 0.839. The Kier molecular flexibility index (Phi) is 7.15. The molecule has 2 amide bonds. The van der Waals surface area contributed by atoms with Gasteiger partial charge in [0.15, 0.2) is 0 Å². The Morgan fingerprint density at radius 2 is 1.96 bits per heavy atom. The quantitative estimate of drug-likeness (QED) is 0.239. The van der Waals surface area contributed by atoms with Crippen molar-refractivity contribution >= 4 is 24.9 Å². The molecular formula is C13H25BN4O6. The van der Waals surface area contributed by atoms with E-state index in [0.29, 0.717) is 12.8 Å². The van der Waals surface area contributed by atoms with Crippen molar-refractivity contribution in [2.24, 2.45) is 23.1 Å². The molecule has 11 heteroatoms. The minimum Gasteiger partial charge on any atom is -0.480 e. The molecule has 1 aliphatic rings. The van der Waals surface area contributed by atoms with Gasteiger partial charge in [-0.2, -0.15) is 0 Å². The van der Waals surface area contributed by atoms with Gasteiger partial charge in [-0.25, -0.2) is 0 Å². The van der Waals surface area contributed by atoms with Crippen LogP contribution < -0.4 is 17.2 Å². The van der Waals surface area contributed by atoms with Crippen LogP contribution in [-0.2, 0) is 14.4 Å². The van der Waals surface area contributed by atoms with Crippen molar-refractivity contribution in [3.05, 3.63) is 0 Å². The molecule has 3 atom stereocenters. The lowest BCUT2D eigenvalue weighted by atomic mass is 9.78. The van der Waals surface area contributed by atoms with E-state index in [-0.39, 0.29) is 32.3 Å². The number of primary amides is 1. The zero-order valence-corrected chi connectivity index (χ0v) is 13.4. The fraction of sp³-hybridized carbons (Fsp3) is 0.769. The highest BCUT2D eigenvalue weighted by Gasteiger charge is 2.50. The topological polar surface area (TPSA) is 193 Å². The van der Waals surface area contributed by atoms with Crippen molar-refractivity contribution in [3.63, 3.8) is 0 Å². The maximum atomic E-state index is 12.3. The van der Waals surface area contributed by atoms with Crippen LogP contribution in [0.3, 0.4) is 0 Å². The van der Waals surface area contributed by atoms with Gasteiger partial charge in [-0.3, -0.25) is 14.4 Å². The molecule has 0 aliphatic carbocycles. The number of likely N-dealkylation sites (tertiary alicyclic amines) is 1. The summed E-state index contributed by atoms with van der Waals surface area (Å²) >= 11 is 0. The van der Waals surface area contributed by atoms with Crippen molar-refractivity contribution in [3.8, 4) is 0 Å². The number of carbonyl (C=O) groups is 3. The van der Waals surface area contributed by atoms with Gasteiger partial charge >= 0.3 is 13.1 Å². The van der Waals surface area contributed by atoms with Gasteiger partial charge in [0, 0.05) is 25.4 Å². The summed E-state index contributed by atoms with van der Waals surface area (Å²) in [5.74, 6) is -2.80. The zero-order chi connectivity index (χ0) is 18.5. The first kappa shape index (κ1) is 20.4. The summed E-state index contributed by atoms with van der Waals surface area (Å²) in [4.78, 5) is 35.9. The maximum Gasteiger partial charge on any atom is 0.451 e. The van der Waals surface area contributed by atoms with Crippen LogP contribution in [-0.4, -0.2) is 69.6 Å². The van der Waals surface area contributed by atoms with Crippen LogP contribution in [0.25, 0.3) is 0 Å². The highest BCUT2D eigenvalue weighted by atomic mass is 16.4. The van der Waals surface area contributed by atoms with Gasteiger partial charge in [0.25, 0.3) is 0 Å². The predicted molar refractivity (Wildman–Crippen MR) is 85.3 cm³/mol. The Balaban J connectivity index is 2.72. The Morgan fingerprint density at radius 1 is 1.33 bits per heavy atom. The first-order chi connectivity index (χ1) is 11.1. The van der Waals surface area contributed by atoms with Gasteiger partial charge in [-0.1, -0.05) is 6.42 Å². The van der Waals surface area contributed by atoms with E-state index in [1.807, 2.05) is 0 Å². The van der Waals surface area contributed by atoms with Gasteiger partial charge < -0.3 is 37.3 Å². The Labute approximate surface area is 140 Å². The summed E-state index contributed by atoms with van der Waals surface area (Å²) in [5, 5.41) is 27.2. The van der Waals surface area contributed by atoms with E-state index in [2.05, 4.69) is 0 Å². The van der Waals surface area contributed by atoms with E-state index in [9.17, 15) is 19.5 Å². The maximum absolute atomic E-state index is 12.3. The number of carboxylic acid groups (broad SMARTS) is 1. The molecule has 0 bridgehead atoms. The average Bonchev–Trinajstić information content (AvgIpc) is 2.82. The first-order valence-electron chi connectivity index (χ1n) is 7.79. The van der Waals surface area contributed by atoms with E-state index in [4.69, 9.17) is 27.2 Å². The van der Waals surface area contributed by atoms with E-state index < -0.39 is 42.4 Å². The summed E-state index contributed by atoms with van der Waals surface area (Å²) in [6, 6.07) is -0.950. The lowest BCUT2D eigenvalue weighted by molar-refractivity contribution is -0.144. The van der Waals surface area contributed by atoms with Crippen molar-refractivity contribution in [1.29, 1.82) is 0 Å². The molecule has 0 spiro atoms. The van der Waals surface area contributed by atoms with E-state index >= 15 is 0 Å². The molecule has 0 aromatic carbocycles. The minimum absolute atomic E-state index is 0.0364. The summed E-state index contributed by atoms with van der Waals surface area (Å²) in [6.45, 7) is -0.0643. The molecule has 1 aliphatic heterocycles. The van der Waals surface area contributed by atoms with Crippen molar-refractivity contribution < 1.29 is 29.5 Å². The molecule has 136 valence electrons. The fourth-order valence-electron chi connectivity index (χ4n) is 2.90. The molecule has 1 saturated heterocycles. The average molecular weight is 344 g/mol. The molecule has 1 rings (SSSR count). The van der Waals surface area contributed by atoms with Crippen LogP contribution in [0, 0.1) is 5.92 Å². The highest BCUT2D eigenvalue weighted by molar-refractivity contribution is 6.40. The second-order valence-corrected chi connectivity index (χ2v) is 6.28. The number of carboxylic acids is 1. The Morgan fingerprint density at radius 3 is 2.46 bits per heavy atom. The Bertz CT molecular complexity index is 491. The van der Waals surface area contributed by atoms with Gasteiger partial charge in [0.2, 0.25) is 11.8 Å². The van der Waals surface area contributed by atoms with Gasteiger partial charge in [-0.05, 0) is 19.2 Å². The van der Waals surface area contributed by atoms with Crippen LogP contribution in [0.1, 0.15) is 25.7 Å². The Hall–Kier alpha value is -1.69. The molecule has 1 heterocycles. The largest absolute Gasteiger partial charge is 0.480 e. The first-order valence-corrected chi connectivity index (χ1v) is 7.79. The third kappa shape index (κ3) is 5.16. The summed E-state index contributed by atoms with van der Waals surface area (Å²) < 4.78 is 0. The SMILES string of the molecule is NC(=O)CC[C@H](N)C(=O)N1CC(CCCB(O)O)[C@](N)(C(=O)O)C1. The van der Waals surface area contributed by atoms with Crippen molar-refractivity contribution in [2.75, 3.05) is 13.1 Å². The number of nitrogens with zero attached hydrogens (tertiary/aromatic N) is 1. The zero-order valence-electron chi connectivity index (χ0n) is 13.4. The highest BCUT2D eigenvalue weighted by Crippen LogP contribution is 2.31. The number of hydrogen-bond acceptors (Lipinski definition) is 7. The molecule has 0 saturated carbocycles. The third-order valence-corrected chi connectivity index (χ3v) is 4.37. The molecule has 1 unspecified atom stereocenters. The molecule has 9 N–H and O–H groups in total. The third-order valence-electron chi connectivity index (χ3n) is 4.37. The van der Waals surface area contributed by atoms with Crippen molar-refractivity contribution in [1.82, 2.24) is 4.90 Å². The molecule has 1 fully saturated rings. The number of nitrogens with two attached hydrogens (primary N) is 3.